The van der Waals surface area contributed by atoms with Gasteiger partial charge in [0, 0.05) is 31.5 Å². The molecule has 0 spiro atoms. The van der Waals surface area contributed by atoms with E-state index in [9.17, 15) is 5.11 Å². The molecule has 0 amide bonds. The Labute approximate surface area is 118 Å². The summed E-state index contributed by atoms with van der Waals surface area (Å²) in [4.78, 5) is 8.97. The van der Waals surface area contributed by atoms with Crippen molar-refractivity contribution in [3.8, 4) is 17.1 Å². The van der Waals surface area contributed by atoms with Crippen molar-refractivity contribution in [2.24, 2.45) is 0 Å². The van der Waals surface area contributed by atoms with Crippen molar-refractivity contribution in [1.29, 1.82) is 0 Å². The highest BCUT2D eigenvalue weighted by molar-refractivity contribution is 5.56. The van der Waals surface area contributed by atoms with Crippen LogP contribution >= 0.6 is 0 Å². The van der Waals surface area contributed by atoms with Crippen LogP contribution in [0.4, 0.5) is 0 Å². The first kappa shape index (κ1) is 14.4. The predicted octanol–water partition coefficient (Wildman–Crippen LogP) is 1.89. The highest BCUT2D eigenvalue weighted by Crippen LogP contribution is 2.19. The van der Waals surface area contributed by atoms with Crippen LogP contribution in [0.25, 0.3) is 11.4 Å². The minimum absolute atomic E-state index is 0.239. The van der Waals surface area contributed by atoms with Gasteiger partial charge in [-0.05, 0) is 37.3 Å². The summed E-state index contributed by atoms with van der Waals surface area (Å²) in [5.41, 5.74) is 2.76. The first-order valence-electron chi connectivity index (χ1n) is 6.52. The number of hydrogen-bond acceptors (Lipinski definition) is 5. The van der Waals surface area contributed by atoms with Gasteiger partial charge in [0.05, 0.1) is 12.3 Å². The lowest BCUT2D eigenvalue weighted by molar-refractivity contribution is 0.199. The van der Waals surface area contributed by atoms with Gasteiger partial charge in [-0.25, -0.2) is 9.97 Å². The first-order valence-corrected chi connectivity index (χ1v) is 6.52. The molecule has 2 aromatic rings. The Morgan fingerprint density at radius 3 is 2.65 bits per heavy atom. The van der Waals surface area contributed by atoms with Crippen LogP contribution in [0.2, 0.25) is 0 Å². The normalized spacial score (nSPS) is 10.7. The molecule has 0 aliphatic carbocycles. The molecule has 2 rings (SSSR count). The zero-order chi connectivity index (χ0) is 14.4. The summed E-state index contributed by atoms with van der Waals surface area (Å²) < 4.78 is 4.99. The minimum atomic E-state index is 0.239. The maximum atomic E-state index is 9.32. The fourth-order valence-electron chi connectivity index (χ4n) is 1.85. The molecule has 0 bridgehead atoms. The van der Waals surface area contributed by atoms with Gasteiger partial charge >= 0.3 is 0 Å². The average Bonchev–Trinajstić information content (AvgIpc) is 2.44. The predicted molar refractivity (Wildman–Crippen MR) is 77.5 cm³/mol. The average molecular weight is 273 g/mol. The second-order valence-corrected chi connectivity index (χ2v) is 4.54. The van der Waals surface area contributed by atoms with Crippen LogP contribution in [0.5, 0.6) is 5.75 Å². The summed E-state index contributed by atoms with van der Waals surface area (Å²) in [7, 11) is 1.68. The van der Waals surface area contributed by atoms with Crippen LogP contribution in [0.3, 0.4) is 0 Å². The Kier molecular flexibility index (Phi) is 5.03. The molecule has 0 fully saturated rings. The molecule has 20 heavy (non-hydrogen) atoms. The summed E-state index contributed by atoms with van der Waals surface area (Å²) in [6.45, 7) is 4.09. The standard InChI is InChI=1S/C15H19N3O2/c1-11-9-13(10-16-7-8-20-2)18-15(17-11)12-3-5-14(19)6-4-12/h3-6,9,16,19H,7-8,10H2,1-2H3. The van der Waals surface area contributed by atoms with Gasteiger partial charge in [0.2, 0.25) is 0 Å². The smallest absolute Gasteiger partial charge is 0.159 e. The fourth-order valence-corrected chi connectivity index (χ4v) is 1.85. The second-order valence-electron chi connectivity index (χ2n) is 4.54. The monoisotopic (exact) mass is 273 g/mol. The molecule has 2 N–H and O–H groups in total. The SMILES string of the molecule is COCCNCc1cc(C)nc(-c2ccc(O)cc2)n1. The van der Waals surface area contributed by atoms with Gasteiger partial charge in [-0.3, -0.25) is 0 Å². The van der Waals surface area contributed by atoms with E-state index >= 15 is 0 Å². The van der Waals surface area contributed by atoms with E-state index in [0.717, 1.165) is 23.5 Å². The lowest BCUT2D eigenvalue weighted by Crippen LogP contribution is -2.19. The number of hydrogen-bond donors (Lipinski definition) is 2. The number of nitrogens with zero attached hydrogens (tertiary/aromatic N) is 2. The van der Waals surface area contributed by atoms with Crippen LogP contribution in [0.1, 0.15) is 11.4 Å². The molecule has 0 saturated carbocycles. The number of aryl methyl sites for hydroxylation is 1. The Hall–Kier alpha value is -1.98. The summed E-state index contributed by atoms with van der Waals surface area (Å²) in [6.07, 6.45) is 0. The van der Waals surface area contributed by atoms with E-state index in [1.165, 1.54) is 0 Å². The number of rotatable bonds is 6. The third-order valence-corrected chi connectivity index (χ3v) is 2.82. The lowest BCUT2D eigenvalue weighted by Gasteiger charge is -2.07. The van der Waals surface area contributed by atoms with E-state index in [0.29, 0.717) is 19.0 Å². The van der Waals surface area contributed by atoms with E-state index in [1.807, 2.05) is 25.1 Å². The summed E-state index contributed by atoms with van der Waals surface area (Å²) >= 11 is 0. The zero-order valence-corrected chi connectivity index (χ0v) is 11.8. The van der Waals surface area contributed by atoms with E-state index < -0.39 is 0 Å². The zero-order valence-electron chi connectivity index (χ0n) is 11.8. The highest BCUT2D eigenvalue weighted by atomic mass is 16.5. The molecule has 1 aromatic carbocycles. The van der Waals surface area contributed by atoms with Gasteiger partial charge in [0.25, 0.3) is 0 Å². The van der Waals surface area contributed by atoms with Crippen molar-refractivity contribution in [1.82, 2.24) is 15.3 Å². The molecule has 1 heterocycles. The number of aromatic hydroxyl groups is 1. The molecule has 5 nitrogen and oxygen atoms in total. The molecule has 1 aromatic heterocycles. The third kappa shape index (κ3) is 4.01. The number of aromatic nitrogens is 2. The third-order valence-electron chi connectivity index (χ3n) is 2.82. The summed E-state index contributed by atoms with van der Waals surface area (Å²) in [5.74, 6) is 0.913. The van der Waals surface area contributed by atoms with E-state index in [1.54, 1.807) is 19.2 Å². The lowest BCUT2D eigenvalue weighted by atomic mass is 10.2. The second kappa shape index (κ2) is 6.98. The summed E-state index contributed by atoms with van der Waals surface area (Å²) in [5, 5.41) is 12.6. The van der Waals surface area contributed by atoms with Crippen molar-refractivity contribution < 1.29 is 9.84 Å². The fraction of sp³-hybridized carbons (Fsp3) is 0.333. The van der Waals surface area contributed by atoms with E-state index in [-0.39, 0.29) is 5.75 Å². The van der Waals surface area contributed by atoms with E-state index in [4.69, 9.17) is 4.74 Å². The van der Waals surface area contributed by atoms with E-state index in [2.05, 4.69) is 15.3 Å². The van der Waals surface area contributed by atoms with Crippen LogP contribution in [-0.4, -0.2) is 35.3 Å². The molecule has 0 unspecified atom stereocenters. The minimum Gasteiger partial charge on any atom is -0.508 e. The number of phenolic OH excluding ortho intramolecular Hbond substituents is 1. The molecule has 0 aliphatic heterocycles. The number of ether oxygens (including phenoxy) is 1. The van der Waals surface area contributed by atoms with Gasteiger partial charge in [0.15, 0.2) is 5.82 Å². The Balaban J connectivity index is 2.13. The Morgan fingerprint density at radius 1 is 1.20 bits per heavy atom. The van der Waals surface area contributed by atoms with Crippen LogP contribution in [0.15, 0.2) is 30.3 Å². The van der Waals surface area contributed by atoms with Gasteiger partial charge in [-0.1, -0.05) is 0 Å². The number of phenols is 1. The molecule has 106 valence electrons. The van der Waals surface area contributed by atoms with Crippen molar-refractivity contribution in [2.45, 2.75) is 13.5 Å². The van der Waals surface area contributed by atoms with Crippen LogP contribution < -0.4 is 5.32 Å². The highest BCUT2D eigenvalue weighted by Gasteiger charge is 2.05. The van der Waals surface area contributed by atoms with Crippen LogP contribution in [-0.2, 0) is 11.3 Å². The molecule has 0 radical (unpaired) electrons. The molecular formula is C15H19N3O2. The van der Waals surface area contributed by atoms with Gasteiger partial charge in [0.1, 0.15) is 5.75 Å². The van der Waals surface area contributed by atoms with Gasteiger partial charge in [-0.2, -0.15) is 0 Å². The molecule has 0 atom stereocenters. The molecule has 0 aliphatic rings. The van der Waals surface area contributed by atoms with Gasteiger partial charge < -0.3 is 15.2 Å². The van der Waals surface area contributed by atoms with Crippen molar-refractivity contribution in [3.05, 3.63) is 41.7 Å². The number of methoxy groups -OCH3 is 1. The largest absolute Gasteiger partial charge is 0.508 e. The topological polar surface area (TPSA) is 67.3 Å². The Morgan fingerprint density at radius 2 is 1.95 bits per heavy atom. The molecular weight excluding hydrogens is 254 g/mol. The maximum absolute atomic E-state index is 9.32. The van der Waals surface area contributed by atoms with Crippen molar-refractivity contribution in [3.63, 3.8) is 0 Å². The Bertz CT molecular complexity index is 556. The van der Waals surface area contributed by atoms with Gasteiger partial charge in [-0.15, -0.1) is 0 Å². The molecule has 5 heteroatoms. The van der Waals surface area contributed by atoms with Crippen molar-refractivity contribution in [2.75, 3.05) is 20.3 Å². The van der Waals surface area contributed by atoms with Crippen LogP contribution in [0, 0.1) is 6.92 Å². The molecule has 0 saturated heterocycles. The first-order chi connectivity index (χ1) is 9.69. The quantitative estimate of drug-likeness (QED) is 0.787. The summed E-state index contributed by atoms with van der Waals surface area (Å²) in [6, 6.07) is 8.86. The number of nitrogens with one attached hydrogen (secondary N) is 1. The maximum Gasteiger partial charge on any atom is 0.159 e. The van der Waals surface area contributed by atoms with Crippen molar-refractivity contribution >= 4 is 0 Å². The number of benzene rings is 1.